The maximum Gasteiger partial charge on any atom is 0.261 e. The van der Waals surface area contributed by atoms with E-state index in [-0.39, 0.29) is 18.6 Å². The second-order valence-electron chi connectivity index (χ2n) is 5.20. The van der Waals surface area contributed by atoms with Gasteiger partial charge >= 0.3 is 0 Å². The Kier molecular flexibility index (Phi) is 3.81. The lowest BCUT2D eigenvalue weighted by atomic mass is 10.1. The van der Waals surface area contributed by atoms with Gasteiger partial charge in [0, 0.05) is 18.4 Å². The molecule has 5 nitrogen and oxygen atoms in total. The highest BCUT2D eigenvalue weighted by atomic mass is 16.5. The van der Waals surface area contributed by atoms with Crippen LogP contribution in [0.15, 0.2) is 42.6 Å². The van der Waals surface area contributed by atoms with Crippen LogP contribution in [0.25, 0.3) is 0 Å². The summed E-state index contributed by atoms with van der Waals surface area (Å²) in [6.07, 6.45) is 3.89. The number of ether oxygens (including phenoxy) is 1. The van der Waals surface area contributed by atoms with Crippen LogP contribution >= 0.6 is 0 Å². The topological polar surface area (TPSA) is 71.3 Å². The Bertz CT molecular complexity index is 610. The van der Waals surface area contributed by atoms with Crippen LogP contribution in [0.5, 0.6) is 5.75 Å². The molecular formula is C16H19N3O2. The Morgan fingerprint density at radius 2 is 2.19 bits per heavy atom. The predicted molar refractivity (Wildman–Crippen MR) is 80.8 cm³/mol. The second-order valence-corrected chi connectivity index (χ2v) is 5.20. The Morgan fingerprint density at radius 1 is 1.33 bits per heavy atom. The third-order valence-electron chi connectivity index (χ3n) is 3.82. The smallest absolute Gasteiger partial charge is 0.261 e. The third kappa shape index (κ3) is 2.86. The minimum Gasteiger partial charge on any atom is -0.482 e. The van der Waals surface area contributed by atoms with Gasteiger partial charge in [-0.1, -0.05) is 12.1 Å². The Hall–Kier alpha value is -2.43. The van der Waals surface area contributed by atoms with Gasteiger partial charge < -0.3 is 20.4 Å². The van der Waals surface area contributed by atoms with E-state index in [2.05, 4.69) is 4.98 Å². The highest BCUT2D eigenvalue weighted by molar-refractivity contribution is 5.78. The number of carbonyl (C=O) groups is 1. The van der Waals surface area contributed by atoms with Gasteiger partial charge in [-0.25, -0.2) is 0 Å². The molecule has 1 aliphatic heterocycles. The minimum atomic E-state index is -0.00430. The minimum absolute atomic E-state index is 0.00430. The number of nitrogens with zero attached hydrogens (tertiary/aromatic N) is 1. The van der Waals surface area contributed by atoms with Crippen molar-refractivity contribution in [2.75, 3.05) is 18.9 Å². The number of aromatic amines is 1. The maximum atomic E-state index is 12.4. The highest BCUT2D eigenvalue weighted by Gasteiger charge is 2.30. The predicted octanol–water partition coefficient (Wildman–Crippen LogP) is 2.34. The number of rotatable bonds is 4. The number of para-hydroxylation sites is 2. The normalized spacial score (nSPS) is 17.9. The molecule has 2 heterocycles. The first-order chi connectivity index (χ1) is 10.3. The lowest BCUT2D eigenvalue weighted by Gasteiger charge is -2.24. The van der Waals surface area contributed by atoms with Crippen LogP contribution in [0.4, 0.5) is 5.69 Å². The summed E-state index contributed by atoms with van der Waals surface area (Å²) in [4.78, 5) is 17.5. The maximum absolute atomic E-state index is 12.4. The molecule has 0 saturated carbocycles. The summed E-state index contributed by atoms with van der Waals surface area (Å²) in [6.45, 7) is 0.793. The fraction of sp³-hybridized carbons (Fsp3) is 0.312. The van der Waals surface area contributed by atoms with E-state index in [9.17, 15) is 4.79 Å². The number of aromatic nitrogens is 1. The fourth-order valence-corrected chi connectivity index (χ4v) is 2.77. The Morgan fingerprint density at radius 3 is 2.95 bits per heavy atom. The van der Waals surface area contributed by atoms with E-state index in [0.717, 1.165) is 25.1 Å². The number of amides is 1. The van der Waals surface area contributed by atoms with E-state index in [1.54, 1.807) is 12.1 Å². The number of nitrogen functional groups attached to an aromatic ring is 1. The van der Waals surface area contributed by atoms with Crippen molar-refractivity contribution < 1.29 is 9.53 Å². The van der Waals surface area contributed by atoms with E-state index in [1.807, 2.05) is 35.4 Å². The van der Waals surface area contributed by atoms with Crippen LogP contribution in [0.3, 0.4) is 0 Å². The van der Waals surface area contributed by atoms with Gasteiger partial charge in [0.25, 0.3) is 5.91 Å². The van der Waals surface area contributed by atoms with Gasteiger partial charge in [0.05, 0.1) is 11.7 Å². The summed E-state index contributed by atoms with van der Waals surface area (Å²) in [5, 5.41) is 0. The number of H-pyrrole nitrogens is 1. The second kappa shape index (κ2) is 5.91. The molecule has 5 heteroatoms. The number of nitrogens with two attached hydrogens (primary N) is 1. The van der Waals surface area contributed by atoms with Crippen LogP contribution in [-0.2, 0) is 4.79 Å². The molecule has 3 N–H and O–H groups in total. The van der Waals surface area contributed by atoms with Crippen molar-refractivity contribution in [3.63, 3.8) is 0 Å². The highest BCUT2D eigenvalue weighted by Crippen LogP contribution is 2.31. The van der Waals surface area contributed by atoms with Crippen molar-refractivity contribution in [1.29, 1.82) is 0 Å². The molecule has 1 aromatic heterocycles. The molecule has 110 valence electrons. The quantitative estimate of drug-likeness (QED) is 0.847. The lowest BCUT2D eigenvalue weighted by Crippen LogP contribution is -2.34. The first-order valence-electron chi connectivity index (χ1n) is 7.16. The standard InChI is InChI=1S/C16H19N3O2/c17-12-5-1-2-8-15(12)21-11-16(20)19-10-4-7-14(19)13-6-3-9-18-13/h1-3,5-6,8-9,14,18H,4,7,10-11,17H2. The molecule has 1 atom stereocenters. The molecule has 1 aliphatic rings. The number of carbonyl (C=O) groups excluding carboxylic acids is 1. The van der Waals surface area contributed by atoms with Gasteiger partial charge in [0.2, 0.25) is 0 Å². The summed E-state index contributed by atoms with van der Waals surface area (Å²) in [7, 11) is 0. The zero-order chi connectivity index (χ0) is 14.7. The molecule has 1 unspecified atom stereocenters. The zero-order valence-electron chi connectivity index (χ0n) is 11.8. The first kappa shape index (κ1) is 13.5. The van der Waals surface area contributed by atoms with Crippen molar-refractivity contribution in [2.24, 2.45) is 0 Å². The molecular weight excluding hydrogens is 266 g/mol. The molecule has 1 amide bonds. The summed E-state index contributed by atoms with van der Waals surface area (Å²) in [6, 6.07) is 11.3. The van der Waals surface area contributed by atoms with Crippen LogP contribution < -0.4 is 10.5 Å². The van der Waals surface area contributed by atoms with Crippen molar-refractivity contribution in [1.82, 2.24) is 9.88 Å². The number of nitrogens with one attached hydrogen (secondary N) is 1. The molecule has 21 heavy (non-hydrogen) atoms. The molecule has 1 saturated heterocycles. The zero-order valence-corrected chi connectivity index (χ0v) is 11.8. The fourth-order valence-electron chi connectivity index (χ4n) is 2.77. The van der Waals surface area contributed by atoms with Gasteiger partial charge in [-0.15, -0.1) is 0 Å². The van der Waals surface area contributed by atoms with E-state index in [1.165, 1.54) is 0 Å². The number of likely N-dealkylation sites (tertiary alicyclic amines) is 1. The molecule has 0 aliphatic carbocycles. The van der Waals surface area contributed by atoms with Gasteiger partial charge in [-0.3, -0.25) is 4.79 Å². The van der Waals surface area contributed by atoms with Crippen LogP contribution in [0.2, 0.25) is 0 Å². The van der Waals surface area contributed by atoms with Gasteiger partial charge in [0.1, 0.15) is 5.75 Å². The summed E-state index contributed by atoms with van der Waals surface area (Å²) in [5.41, 5.74) is 7.44. The monoisotopic (exact) mass is 285 g/mol. The van der Waals surface area contributed by atoms with E-state index in [4.69, 9.17) is 10.5 Å². The largest absolute Gasteiger partial charge is 0.482 e. The van der Waals surface area contributed by atoms with Crippen LogP contribution in [0.1, 0.15) is 24.6 Å². The average Bonchev–Trinajstić information content (AvgIpc) is 3.16. The van der Waals surface area contributed by atoms with Crippen molar-refractivity contribution in [2.45, 2.75) is 18.9 Å². The molecule has 1 aromatic carbocycles. The molecule has 0 radical (unpaired) electrons. The third-order valence-corrected chi connectivity index (χ3v) is 3.82. The van der Waals surface area contributed by atoms with Crippen LogP contribution in [-0.4, -0.2) is 28.9 Å². The number of hydrogen-bond donors (Lipinski definition) is 2. The summed E-state index contributed by atoms with van der Waals surface area (Å²) >= 11 is 0. The molecule has 0 spiro atoms. The van der Waals surface area contributed by atoms with Gasteiger partial charge in [-0.05, 0) is 37.1 Å². The molecule has 2 aromatic rings. The lowest BCUT2D eigenvalue weighted by molar-refractivity contribution is -0.134. The van der Waals surface area contributed by atoms with Crippen molar-refractivity contribution in [3.8, 4) is 5.75 Å². The van der Waals surface area contributed by atoms with Gasteiger partial charge in [0.15, 0.2) is 6.61 Å². The number of benzene rings is 1. The van der Waals surface area contributed by atoms with Crippen molar-refractivity contribution in [3.05, 3.63) is 48.3 Å². The molecule has 0 bridgehead atoms. The van der Waals surface area contributed by atoms with Gasteiger partial charge in [-0.2, -0.15) is 0 Å². The average molecular weight is 285 g/mol. The first-order valence-corrected chi connectivity index (χ1v) is 7.16. The summed E-state index contributed by atoms with van der Waals surface area (Å²) < 4.78 is 5.55. The van der Waals surface area contributed by atoms with Crippen molar-refractivity contribution >= 4 is 11.6 Å². The number of anilines is 1. The van der Waals surface area contributed by atoms with E-state index in [0.29, 0.717) is 11.4 Å². The Balaban J connectivity index is 1.64. The molecule has 3 rings (SSSR count). The molecule has 1 fully saturated rings. The van der Waals surface area contributed by atoms with Crippen LogP contribution in [0, 0.1) is 0 Å². The summed E-state index contributed by atoms with van der Waals surface area (Å²) in [5.74, 6) is 0.553. The van der Waals surface area contributed by atoms with E-state index >= 15 is 0 Å². The SMILES string of the molecule is Nc1ccccc1OCC(=O)N1CCCC1c1ccc[nH]1. The van der Waals surface area contributed by atoms with E-state index < -0.39 is 0 Å². The number of hydrogen-bond acceptors (Lipinski definition) is 3. The Labute approximate surface area is 123 Å².